The molecule has 0 spiro atoms. The van der Waals surface area contributed by atoms with E-state index in [1.807, 2.05) is 12.1 Å². The average Bonchev–Trinajstić information content (AvgIpc) is 3.79. The minimum Gasteiger partial charge on any atom is -0.456 e. The lowest BCUT2D eigenvalue weighted by Gasteiger charge is -2.26. The summed E-state index contributed by atoms with van der Waals surface area (Å²) < 4.78 is 8.87. The van der Waals surface area contributed by atoms with Crippen LogP contribution in [0.2, 0.25) is 0 Å². The Bertz CT molecular complexity index is 3200. The molecular weight excluding hydrogens is 669 g/mol. The summed E-state index contributed by atoms with van der Waals surface area (Å²) >= 11 is 0. The van der Waals surface area contributed by atoms with Crippen molar-refractivity contribution < 1.29 is 4.42 Å². The molecule has 0 fully saturated rings. The third-order valence-corrected chi connectivity index (χ3v) is 11.0. The van der Waals surface area contributed by atoms with Crippen LogP contribution in [0.1, 0.15) is 0 Å². The highest BCUT2D eigenvalue weighted by Gasteiger charge is 2.21. The predicted octanol–water partition coefficient (Wildman–Crippen LogP) is 14.6. The Morgan fingerprint density at radius 1 is 0.364 bits per heavy atom. The van der Waals surface area contributed by atoms with Crippen LogP contribution in [0.4, 0.5) is 17.1 Å². The van der Waals surface area contributed by atoms with Gasteiger partial charge in [0.05, 0.1) is 11.0 Å². The number of benzene rings is 9. The topological polar surface area (TPSA) is 21.3 Å². The largest absolute Gasteiger partial charge is 0.456 e. The maximum absolute atomic E-state index is 6.45. The van der Waals surface area contributed by atoms with Gasteiger partial charge in [-0.1, -0.05) is 140 Å². The van der Waals surface area contributed by atoms with Crippen LogP contribution in [-0.2, 0) is 0 Å². The molecule has 2 aromatic heterocycles. The lowest BCUT2D eigenvalue weighted by molar-refractivity contribution is 0.669. The molecule has 0 aliphatic rings. The standard InChI is InChI=1S/C52H34N2O/c1-3-14-35(15-4-1)37-18-11-21-39(32-37)53(41-28-30-45-44-23-9-10-27-50(44)55-51(45)34-41)40-29-31-47-49(33-40)54(38-19-5-2-6-20-38)48-26-13-25-46(52(47)48)43-24-12-17-36-16-7-8-22-42(36)43/h1-34H. The second kappa shape index (κ2) is 12.6. The minimum absolute atomic E-state index is 0.863. The highest BCUT2D eigenvalue weighted by Crippen LogP contribution is 2.45. The Hall–Kier alpha value is -7.36. The Labute approximate surface area is 318 Å². The van der Waals surface area contributed by atoms with Gasteiger partial charge in [-0.2, -0.15) is 0 Å². The molecule has 0 aliphatic heterocycles. The zero-order valence-corrected chi connectivity index (χ0v) is 29.9. The van der Waals surface area contributed by atoms with Crippen molar-refractivity contribution in [1.29, 1.82) is 0 Å². The van der Waals surface area contributed by atoms with Crippen LogP contribution in [0.25, 0.3) is 82.5 Å². The van der Waals surface area contributed by atoms with Gasteiger partial charge in [-0.15, -0.1) is 0 Å². The number of fused-ring (bicyclic) bond motifs is 7. The van der Waals surface area contributed by atoms with Crippen molar-refractivity contribution in [2.24, 2.45) is 0 Å². The van der Waals surface area contributed by atoms with E-state index in [2.05, 4.69) is 204 Å². The number of nitrogens with zero attached hydrogens (tertiary/aromatic N) is 2. The van der Waals surface area contributed by atoms with E-state index in [4.69, 9.17) is 4.42 Å². The van der Waals surface area contributed by atoms with Crippen molar-refractivity contribution in [2.75, 3.05) is 4.90 Å². The summed E-state index contributed by atoms with van der Waals surface area (Å²) in [6.07, 6.45) is 0. The van der Waals surface area contributed by atoms with Crippen molar-refractivity contribution in [3.8, 4) is 27.9 Å². The Morgan fingerprint density at radius 2 is 0.982 bits per heavy atom. The van der Waals surface area contributed by atoms with Gasteiger partial charge in [0.25, 0.3) is 0 Å². The SMILES string of the molecule is c1ccc(-c2cccc(N(c3ccc4c(c3)oc3ccccc34)c3ccc4c5c(-c6cccc7ccccc67)cccc5n(-c5ccccc5)c4c3)c2)cc1. The maximum atomic E-state index is 6.45. The van der Waals surface area contributed by atoms with E-state index in [1.165, 1.54) is 43.8 Å². The van der Waals surface area contributed by atoms with E-state index in [1.54, 1.807) is 0 Å². The maximum Gasteiger partial charge on any atom is 0.137 e. The highest BCUT2D eigenvalue weighted by atomic mass is 16.3. The molecule has 11 rings (SSSR count). The number of para-hydroxylation sites is 2. The number of hydrogen-bond acceptors (Lipinski definition) is 2. The lowest BCUT2D eigenvalue weighted by Crippen LogP contribution is -2.10. The number of aromatic nitrogens is 1. The van der Waals surface area contributed by atoms with Gasteiger partial charge < -0.3 is 13.9 Å². The minimum atomic E-state index is 0.863. The van der Waals surface area contributed by atoms with Crippen LogP contribution in [0, 0.1) is 0 Å². The van der Waals surface area contributed by atoms with E-state index in [9.17, 15) is 0 Å². The first kappa shape index (κ1) is 31.2. The summed E-state index contributed by atoms with van der Waals surface area (Å²) in [7, 11) is 0. The van der Waals surface area contributed by atoms with Crippen molar-refractivity contribution in [3.63, 3.8) is 0 Å². The summed E-state index contributed by atoms with van der Waals surface area (Å²) in [4.78, 5) is 2.36. The van der Waals surface area contributed by atoms with E-state index in [0.29, 0.717) is 0 Å². The number of hydrogen-bond donors (Lipinski definition) is 0. The summed E-state index contributed by atoms with van der Waals surface area (Å²) in [5, 5.41) is 7.17. The molecule has 258 valence electrons. The van der Waals surface area contributed by atoms with Gasteiger partial charge >= 0.3 is 0 Å². The normalized spacial score (nSPS) is 11.6. The van der Waals surface area contributed by atoms with Gasteiger partial charge in [-0.3, -0.25) is 0 Å². The molecule has 0 amide bonds. The number of rotatable bonds is 6. The molecule has 0 N–H and O–H groups in total. The summed E-state index contributed by atoms with van der Waals surface area (Å²) in [5.41, 5.74) is 13.1. The van der Waals surface area contributed by atoms with Gasteiger partial charge in [0.1, 0.15) is 11.2 Å². The van der Waals surface area contributed by atoms with Crippen LogP contribution in [0.5, 0.6) is 0 Å². The Kier molecular flexibility index (Phi) is 7.17. The second-order valence-corrected chi connectivity index (χ2v) is 14.1. The molecule has 0 unspecified atom stereocenters. The smallest absolute Gasteiger partial charge is 0.137 e. The van der Waals surface area contributed by atoms with Crippen LogP contribution < -0.4 is 4.90 Å². The lowest BCUT2D eigenvalue weighted by atomic mass is 9.94. The van der Waals surface area contributed by atoms with Gasteiger partial charge in [-0.25, -0.2) is 0 Å². The van der Waals surface area contributed by atoms with Crippen molar-refractivity contribution in [2.45, 2.75) is 0 Å². The third-order valence-electron chi connectivity index (χ3n) is 11.0. The van der Waals surface area contributed by atoms with Crippen LogP contribution in [0.3, 0.4) is 0 Å². The van der Waals surface area contributed by atoms with Crippen LogP contribution in [0.15, 0.2) is 211 Å². The fourth-order valence-corrected chi connectivity index (χ4v) is 8.49. The fourth-order valence-electron chi connectivity index (χ4n) is 8.49. The molecule has 0 radical (unpaired) electrons. The van der Waals surface area contributed by atoms with E-state index in [-0.39, 0.29) is 0 Å². The van der Waals surface area contributed by atoms with E-state index in [0.717, 1.165) is 55.8 Å². The molecule has 55 heavy (non-hydrogen) atoms. The molecule has 11 aromatic rings. The Balaban J connectivity index is 1.18. The predicted molar refractivity (Wildman–Crippen MR) is 231 cm³/mol. The monoisotopic (exact) mass is 702 g/mol. The quantitative estimate of drug-likeness (QED) is 0.172. The molecule has 9 aromatic carbocycles. The molecule has 3 heteroatoms. The molecule has 3 nitrogen and oxygen atoms in total. The summed E-state index contributed by atoms with van der Waals surface area (Å²) in [6.45, 7) is 0. The van der Waals surface area contributed by atoms with Gasteiger partial charge in [0, 0.05) is 50.4 Å². The van der Waals surface area contributed by atoms with Crippen molar-refractivity contribution >= 4 is 71.6 Å². The van der Waals surface area contributed by atoms with Gasteiger partial charge in [0.2, 0.25) is 0 Å². The zero-order chi connectivity index (χ0) is 36.3. The molecule has 0 saturated carbocycles. The molecule has 0 saturated heterocycles. The van der Waals surface area contributed by atoms with Crippen LogP contribution in [-0.4, -0.2) is 4.57 Å². The van der Waals surface area contributed by atoms with Crippen molar-refractivity contribution in [3.05, 3.63) is 206 Å². The second-order valence-electron chi connectivity index (χ2n) is 14.1. The highest BCUT2D eigenvalue weighted by molar-refractivity contribution is 6.18. The first-order valence-corrected chi connectivity index (χ1v) is 18.8. The van der Waals surface area contributed by atoms with E-state index >= 15 is 0 Å². The zero-order valence-electron chi connectivity index (χ0n) is 29.9. The fraction of sp³-hybridized carbons (Fsp3) is 0. The van der Waals surface area contributed by atoms with Crippen molar-refractivity contribution in [1.82, 2.24) is 4.57 Å². The van der Waals surface area contributed by atoms with Gasteiger partial charge in [-0.05, 0) is 93.7 Å². The molecule has 0 aliphatic carbocycles. The molecule has 0 atom stereocenters. The average molecular weight is 703 g/mol. The summed E-state index contributed by atoms with van der Waals surface area (Å²) in [5.74, 6) is 0. The van der Waals surface area contributed by atoms with E-state index < -0.39 is 0 Å². The first-order chi connectivity index (χ1) is 27.3. The van der Waals surface area contributed by atoms with Crippen LogP contribution >= 0.6 is 0 Å². The third kappa shape index (κ3) is 5.13. The number of furan rings is 1. The molecular formula is C52H34N2O. The summed E-state index contributed by atoms with van der Waals surface area (Å²) in [6, 6.07) is 74.0. The molecule has 2 heterocycles. The first-order valence-electron chi connectivity index (χ1n) is 18.8. The number of anilines is 3. The van der Waals surface area contributed by atoms with Gasteiger partial charge in [0.15, 0.2) is 0 Å². The molecule has 0 bridgehead atoms. The Morgan fingerprint density at radius 3 is 1.85 bits per heavy atom.